The van der Waals surface area contributed by atoms with Crippen LogP contribution in [-0.4, -0.2) is 46.8 Å². The van der Waals surface area contributed by atoms with E-state index in [-0.39, 0.29) is 36.5 Å². The number of carbonyl (C=O) groups is 2. The first-order chi connectivity index (χ1) is 20.9. The standard InChI is InChI=1S/C33H29FN4O5/c1-42-27-7-4-8-28(19-27)43-33-29(9-5-16-35-33)32(40)36-20-25-15-14-24(18-30(25)34)22-10-12-23(13-11-22)31(39)37-21-26-6-2-3-17-38(26)41/h2-19,26,41H,20-21H2,1H3,(H,36,40)(H,37,39). The van der Waals surface area contributed by atoms with Gasteiger partial charge >= 0.3 is 0 Å². The molecule has 3 aromatic carbocycles. The Hall–Kier alpha value is -5.48. The van der Waals surface area contributed by atoms with Gasteiger partial charge in [0.05, 0.1) is 13.2 Å². The second-order valence-electron chi connectivity index (χ2n) is 9.59. The minimum Gasteiger partial charge on any atom is -0.497 e. The molecular formula is C33H29FN4O5. The molecule has 0 fully saturated rings. The monoisotopic (exact) mass is 580 g/mol. The van der Waals surface area contributed by atoms with E-state index in [0.29, 0.717) is 28.2 Å². The molecule has 43 heavy (non-hydrogen) atoms. The zero-order valence-corrected chi connectivity index (χ0v) is 23.2. The van der Waals surface area contributed by atoms with Gasteiger partial charge in [-0.25, -0.2) is 9.37 Å². The number of hydrogen-bond acceptors (Lipinski definition) is 7. The Morgan fingerprint density at radius 1 is 0.930 bits per heavy atom. The number of aromatic nitrogens is 1. The first kappa shape index (κ1) is 29.0. The number of methoxy groups -OCH3 is 1. The minimum atomic E-state index is -0.484. The van der Waals surface area contributed by atoms with Gasteiger partial charge in [0.25, 0.3) is 11.8 Å². The first-order valence-electron chi connectivity index (χ1n) is 13.5. The third kappa shape index (κ3) is 7.24. The van der Waals surface area contributed by atoms with Gasteiger partial charge in [-0.2, -0.15) is 0 Å². The summed E-state index contributed by atoms with van der Waals surface area (Å²) in [5.74, 6) is -0.0752. The van der Waals surface area contributed by atoms with Crippen LogP contribution in [0.1, 0.15) is 26.3 Å². The van der Waals surface area contributed by atoms with E-state index in [9.17, 15) is 14.8 Å². The summed E-state index contributed by atoms with van der Waals surface area (Å²) < 4.78 is 26.1. The van der Waals surface area contributed by atoms with E-state index >= 15 is 4.39 Å². The molecule has 0 radical (unpaired) electrons. The van der Waals surface area contributed by atoms with E-state index in [1.165, 1.54) is 18.5 Å². The van der Waals surface area contributed by atoms with Crippen LogP contribution in [0.5, 0.6) is 17.4 Å². The van der Waals surface area contributed by atoms with Crippen molar-refractivity contribution in [1.29, 1.82) is 0 Å². The third-order valence-corrected chi connectivity index (χ3v) is 6.74. The summed E-state index contributed by atoms with van der Waals surface area (Å²) in [5, 5.41) is 16.4. The molecule has 10 heteroatoms. The Balaban J connectivity index is 1.19. The number of allylic oxidation sites excluding steroid dienone is 2. The van der Waals surface area contributed by atoms with Gasteiger partial charge in [-0.3, -0.25) is 19.9 Å². The SMILES string of the molecule is COc1cccc(Oc2ncccc2C(=O)NCc2ccc(-c3ccc(C(=O)NCC4C=CC=CN4O)cc3)cc2F)c1. The van der Waals surface area contributed by atoms with E-state index in [0.717, 1.165) is 10.6 Å². The van der Waals surface area contributed by atoms with E-state index in [2.05, 4.69) is 15.6 Å². The van der Waals surface area contributed by atoms with Crippen LogP contribution in [0.2, 0.25) is 0 Å². The molecule has 0 bridgehead atoms. The van der Waals surface area contributed by atoms with Gasteiger partial charge in [0.1, 0.15) is 22.9 Å². The summed E-state index contributed by atoms with van der Waals surface area (Å²) >= 11 is 0. The minimum absolute atomic E-state index is 0.0468. The normalized spacial score (nSPS) is 13.8. The first-order valence-corrected chi connectivity index (χ1v) is 13.5. The molecule has 0 aliphatic carbocycles. The molecule has 0 saturated heterocycles. The molecule has 1 unspecified atom stereocenters. The Kier molecular flexibility index (Phi) is 9.08. The van der Waals surface area contributed by atoms with Gasteiger partial charge in [0, 0.05) is 42.7 Å². The molecule has 9 nitrogen and oxygen atoms in total. The van der Waals surface area contributed by atoms with Crippen LogP contribution < -0.4 is 20.1 Å². The van der Waals surface area contributed by atoms with Gasteiger partial charge in [-0.15, -0.1) is 0 Å². The largest absolute Gasteiger partial charge is 0.497 e. The fraction of sp³-hybridized carbons (Fsp3) is 0.121. The van der Waals surface area contributed by atoms with Crippen LogP contribution in [0.25, 0.3) is 11.1 Å². The lowest BCUT2D eigenvalue weighted by Gasteiger charge is -2.24. The predicted molar refractivity (Wildman–Crippen MR) is 158 cm³/mol. The van der Waals surface area contributed by atoms with Crippen LogP contribution >= 0.6 is 0 Å². The zero-order chi connectivity index (χ0) is 30.2. The lowest BCUT2D eigenvalue weighted by atomic mass is 10.0. The molecule has 5 rings (SSSR count). The van der Waals surface area contributed by atoms with Crippen LogP contribution in [0.3, 0.4) is 0 Å². The summed E-state index contributed by atoms with van der Waals surface area (Å²) in [6, 6.07) is 21.3. The highest BCUT2D eigenvalue weighted by Gasteiger charge is 2.17. The number of carbonyl (C=O) groups excluding carboxylic acids is 2. The number of benzene rings is 3. The topological polar surface area (TPSA) is 113 Å². The Morgan fingerprint density at radius 2 is 1.72 bits per heavy atom. The smallest absolute Gasteiger partial charge is 0.257 e. The van der Waals surface area contributed by atoms with Gasteiger partial charge in [0.2, 0.25) is 5.88 Å². The van der Waals surface area contributed by atoms with Crippen molar-refractivity contribution < 1.29 is 28.7 Å². The molecule has 0 saturated carbocycles. The molecule has 2 heterocycles. The van der Waals surface area contributed by atoms with Crippen molar-refractivity contribution >= 4 is 11.8 Å². The Morgan fingerprint density at radius 3 is 2.49 bits per heavy atom. The molecule has 3 N–H and O–H groups in total. The molecule has 1 aliphatic rings. The summed E-state index contributed by atoms with van der Waals surface area (Å²) in [6.07, 6.45) is 8.30. The van der Waals surface area contributed by atoms with Crippen molar-refractivity contribution in [2.45, 2.75) is 12.6 Å². The van der Waals surface area contributed by atoms with E-state index in [4.69, 9.17) is 9.47 Å². The summed E-state index contributed by atoms with van der Waals surface area (Å²) in [6.45, 7) is 0.188. The fourth-order valence-corrected chi connectivity index (χ4v) is 4.37. The second kappa shape index (κ2) is 13.5. The van der Waals surface area contributed by atoms with Crippen LogP contribution in [0.15, 0.2) is 109 Å². The van der Waals surface area contributed by atoms with E-state index < -0.39 is 11.7 Å². The van der Waals surface area contributed by atoms with Crippen molar-refractivity contribution in [1.82, 2.24) is 20.7 Å². The Bertz CT molecular complexity index is 1670. The van der Waals surface area contributed by atoms with Crippen molar-refractivity contribution in [3.05, 3.63) is 132 Å². The summed E-state index contributed by atoms with van der Waals surface area (Å²) in [7, 11) is 1.54. The molecular weight excluding hydrogens is 551 g/mol. The molecule has 218 valence electrons. The zero-order valence-electron chi connectivity index (χ0n) is 23.2. The van der Waals surface area contributed by atoms with Crippen molar-refractivity contribution in [3.63, 3.8) is 0 Å². The average molecular weight is 581 g/mol. The number of amides is 2. The molecule has 0 spiro atoms. The number of hydroxylamine groups is 2. The number of nitrogens with one attached hydrogen (secondary N) is 2. The molecule has 1 aliphatic heterocycles. The van der Waals surface area contributed by atoms with Gasteiger partial charge in [-0.1, -0.05) is 42.5 Å². The second-order valence-corrected chi connectivity index (χ2v) is 9.59. The number of rotatable bonds is 10. The van der Waals surface area contributed by atoms with E-state index in [1.807, 2.05) is 0 Å². The molecule has 1 atom stereocenters. The third-order valence-electron chi connectivity index (χ3n) is 6.74. The molecule has 1 aromatic heterocycles. The lowest BCUT2D eigenvalue weighted by Crippen LogP contribution is -2.39. The molecule has 2 amide bonds. The highest BCUT2D eigenvalue weighted by molar-refractivity contribution is 5.96. The quantitative estimate of drug-likeness (QED) is 0.227. The number of hydrogen-bond donors (Lipinski definition) is 3. The molecule has 4 aromatic rings. The number of halogens is 1. The van der Waals surface area contributed by atoms with Crippen LogP contribution in [-0.2, 0) is 6.54 Å². The van der Waals surface area contributed by atoms with Gasteiger partial charge in [0.15, 0.2) is 0 Å². The maximum atomic E-state index is 15.0. The number of ether oxygens (including phenoxy) is 2. The van der Waals surface area contributed by atoms with Gasteiger partial charge in [-0.05, 0) is 59.7 Å². The van der Waals surface area contributed by atoms with Gasteiger partial charge < -0.3 is 20.1 Å². The van der Waals surface area contributed by atoms with Crippen molar-refractivity contribution in [3.8, 4) is 28.5 Å². The van der Waals surface area contributed by atoms with Crippen molar-refractivity contribution in [2.75, 3.05) is 13.7 Å². The highest BCUT2D eigenvalue weighted by Crippen LogP contribution is 2.27. The summed E-state index contributed by atoms with van der Waals surface area (Å²) in [4.78, 5) is 29.7. The number of pyridine rings is 1. The van der Waals surface area contributed by atoms with E-state index in [1.54, 1.807) is 98.1 Å². The number of nitrogens with zero attached hydrogens (tertiary/aromatic N) is 2. The fourth-order valence-electron chi connectivity index (χ4n) is 4.37. The maximum absolute atomic E-state index is 15.0. The van der Waals surface area contributed by atoms with Crippen molar-refractivity contribution in [2.24, 2.45) is 0 Å². The van der Waals surface area contributed by atoms with Crippen LogP contribution in [0, 0.1) is 5.82 Å². The predicted octanol–water partition coefficient (Wildman–Crippen LogP) is 5.49. The summed E-state index contributed by atoms with van der Waals surface area (Å²) in [5.41, 5.74) is 2.29. The Labute approximate surface area is 247 Å². The maximum Gasteiger partial charge on any atom is 0.257 e. The highest BCUT2D eigenvalue weighted by atomic mass is 19.1. The van der Waals surface area contributed by atoms with Crippen LogP contribution in [0.4, 0.5) is 4.39 Å². The average Bonchev–Trinajstić information content (AvgIpc) is 3.04. The lowest BCUT2D eigenvalue weighted by molar-refractivity contribution is -0.0642.